The average Bonchev–Trinajstić information content (AvgIpc) is 3.70. The minimum absolute atomic E-state index is 0.0851. The summed E-state index contributed by atoms with van der Waals surface area (Å²) in [7, 11) is 1.35. The molecule has 1 aliphatic heterocycles. The SMILES string of the molecule is COc1cc(C(=O)NC[C@@](O)(c2cc3c(c(-c4ccc(OC(F)F)c(F)c4)n2)OC[C@]3(C)C(N)=O)C(F)(F)F)cc2cn(C3CC3)nc12. The Morgan fingerprint density at radius 1 is 1.19 bits per heavy atom. The first kappa shape index (κ1) is 32.9. The van der Waals surface area contributed by atoms with Crippen LogP contribution in [0.4, 0.5) is 26.3 Å². The van der Waals surface area contributed by atoms with Crippen LogP contribution in [0.25, 0.3) is 22.2 Å². The summed E-state index contributed by atoms with van der Waals surface area (Å²) in [5.41, 5.74) is -1.68. The van der Waals surface area contributed by atoms with Crippen molar-refractivity contribution in [3.8, 4) is 28.5 Å². The van der Waals surface area contributed by atoms with Crippen molar-refractivity contribution in [3.05, 3.63) is 65.2 Å². The zero-order valence-corrected chi connectivity index (χ0v) is 25.2. The van der Waals surface area contributed by atoms with Crippen LogP contribution in [0.1, 0.15) is 47.4 Å². The van der Waals surface area contributed by atoms with E-state index >= 15 is 0 Å². The van der Waals surface area contributed by atoms with Crippen molar-refractivity contribution in [2.45, 2.75) is 49.6 Å². The van der Waals surface area contributed by atoms with Gasteiger partial charge in [-0.25, -0.2) is 9.37 Å². The molecule has 0 unspecified atom stereocenters. The van der Waals surface area contributed by atoms with Crippen LogP contribution in [-0.4, -0.2) is 64.7 Å². The van der Waals surface area contributed by atoms with Gasteiger partial charge < -0.3 is 30.4 Å². The van der Waals surface area contributed by atoms with E-state index in [0.717, 1.165) is 31.0 Å². The van der Waals surface area contributed by atoms with Gasteiger partial charge in [0.25, 0.3) is 5.91 Å². The molecule has 48 heavy (non-hydrogen) atoms. The van der Waals surface area contributed by atoms with Crippen molar-refractivity contribution < 1.29 is 55.2 Å². The molecule has 254 valence electrons. The molecule has 0 radical (unpaired) electrons. The molecule has 2 aliphatic rings. The third kappa shape index (κ3) is 5.61. The molecule has 17 heteroatoms. The Kier molecular flexibility index (Phi) is 7.92. The number of fused-ring (bicyclic) bond motifs is 2. The number of pyridine rings is 1. The van der Waals surface area contributed by atoms with E-state index in [2.05, 4.69) is 20.1 Å². The number of carbonyl (C=O) groups excluding carboxylic acids is 2. The summed E-state index contributed by atoms with van der Waals surface area (Å²) < 4.78 is 101. The van der Waals surface area contributed by atoms with Crippen molar-refractivity contribution in [2.75, 3.05) is 20.3 Å². The Bertz CT molecular complexity index is 1950. The molecule has 1 aliphatic carbocycles. The minimum Gasteiger partial charge on any atom is -0.494 e. The molecular weight excluding hydrogens is 652 g/mol. The smallest absolute Gasteiger partial charge is 0.424 e. The van der Waals surface area contributed by atoms with Crippen LogP contribution in [-0.2, 0) is 15.8 Å². The number of benzene rings is 2. The number of nitrogens with two attached hydrogens (primary N) is 1. The summed E-state index contributed by atoms with van der Waals surface area (Å²) in [5, 5.41) is 18.4. The van der Waals surface area contributed by atoms with E-state index in [9.17, 15) is 41.0 Å². The molecule has 4 aromatic rings. The molecular formula is C31H27F6N5O6. The first-order valence-corrected chi connectivity index (χ1v) is 14.4. The molecule has 2 aromatic carbocycles. The quantitative estimate of drug-likeness (QED) is 0.208. The highest BCUT2D eigenvalue weighted by Gasteiger charge is 2.57. The van der Waals surface area contributed by atoms with E-state index in [0.29, 0.717) is 17.0 Å². The fourth-order valence-electron chi connectivity index (χ4n) is 5.42. The van der Waals surface area contributed by atoms with E-state index in [4.69, 9.17) is 15.2 Å². The lowest BCUT2D eigenvalue weighted by molar-refractivity contribution is -0.265. The van der Waals surface area contributed by atoms with Gasteiger partial charge in [0.15, 0.2) is 11.6 Å². The zero-order chi connectivity index (χ0) is 34.8. The molecule has 2 atom stereocenters. The number of hydrogen-bond donors (Lipinski definition) is 3. The predicted octanol–water partition coefficient (Wildman–Crippen LogP) is 4.50. The van der Waals surface area contributed by atoms with Crippen LogP contribution < -0.4 is 25.3 Å². The number of nitrogens with zero attached hydrogens (tertiary/aromatic N) is 3. The maximum absolute atomic E-state index is 14.8. The molecule has 0 spiro atoms. The van der Waals surface area contributed by atoms with Crippen LogP contribution >= 0.6 is 0 Å². The summed E-state index contributed by atoms with van der Waals surface area (Å²) in [6.45, 7) is -3.96. The molecule has 6 rings (SSSR count). The Morgan fingerprint density at radius 3 is 2.52 bits per heavy atom. The molecule has 1 fully saturated rings. The molecule has 3 heterocycles. The number of carbonyl (C=O) groups is 2. The first-order valence-electron chi connectivity index (χ1n) is 14.4. The van der Waals surface area contributed by atoms with Gasteiger partial charge in [-0.2, -0.15) is 27.1 Å². The highest BCUT2D eigenvalue weighted by atomic mass is 19.4. The van der Waals surface area contributed by atoms with Crippen molar-refractivity contribution in [2.24, 2.45) is 5.73 Å². The largest absolute Gasteiger partial charge is 0.494 e. The van der Waals surface area contributed by atoms with E-state index in [1.165, 1.54) is 26.2 Å². The van der Waals surface area contributed by atoms with Crippen molar-refractivity contribution >= 4 is 22.7 Å². The second-order valence-corrected chi connectivity index (χ2v) is 11.7. The Balaban J connectivity index is 1.40. The average molecular weight is 680 g/mol. The van der Waals surface area contributed by atoms with Gasteiger partial charge in [0.05, 0.1) is 25.4 Å². The van der Waals surface area contributed by atoms with Crippen molar-refractivity contribution in [3.63, 3.8) is 0 Å². The maximum Gasteiger partial charge on any atom is 0.424 e. The van der Waals surface area contributed by atoms with Crippen LogP contribution in [0.5, 0.6) is 17.2 Å². The number of aliphatic hydroxyl groups is 1. The second kappa shape index (κ2) is 11.6. The summed E-state index contributed by atoms with van der Waals surface area (Å²) in [4.78, 5) is 29.7. The van der Waals surface area contributed by atoms with Gasteiger partial charge in [0.1, 0.15) is 34.7 Å². The minimum atomic E-state index is -5.48. The van der Waals surface area contributed by atoms with E-state index in [-0.39, 0.29) is 34.2 Å². The summed E-state index contributed by atoms with van der Waals surface area (Å²) >= 11 is 0. The fraction of sp³-hybridized carbons (Fsp3) is 0.355. The molecule has 0 bridgehead atoms. The lowest BCUT2D eigenvalue weighted by Crippen LogP contribution is -2.51. The number of ether oxygens (including phenoxy) is 3. The maximum atomic E-state index is 14.8. The Morgan fingerprint density at radius 2 is 1.92 bits per heavy atom. The number of halogens is 6. The fourth-order valence-corrected chi connectivity index (χ4v) is 5.42. The van der Waals surface area contributed by atoms with Gasteiger partial charge in [-0.3, -0.25) is 14.3 Å². The third-order valence-corrected chi connectivity index (χ3v) is 8.43. The number of primary amides is 1. The summed E-state index contributed by atoms with van der Waals surface area (Å²) in [6, 6.07) is 6.19. The molecule has 1 saturated carbocycles. The van der Waals surface area contributed by atoms with Gasteiger partial charge in [-0.1, -0.05) is 0 Å². The van der Waals surface area contributed by atoms with Gasteiger partial charge in [0.2, 0.25) is 11.5 Å². The first-order chi connectivity index (χ1) is 22.6. The summed E-state index contributed by atoms with van der Waals surface area (Å²) in [6.07, 6.45) is -1.93. The second-order valence-electron chi connectivity index (χ2n) is 11.7. The standard InChI is InChI=1S/C31H27F6N5O6/c1-29(27(38)44)13-47-25-18(29)10-22(40-24(25)14-3-6-20(19(32)8-14)48-28(33)34)30(45,31(35,36)37)12-39-26(43)15-7-16-11-42(17-4-5-17)41-23(16)21(9-15)46-2/h3,6-11,17,28,45H,4-5,12-13H2,1-2H3,(H2,38,44)(H,39,43)/t29-,30+/m0/s1. The number of rotatable bonds is 10. The number of nitrogens with one attached hydrogen (secondary N) is 1. The number of alkyl halides is 5. The Hall–Kier alpha value is -5.06. The van der Waals surface area contributed by atoms with Crippen LogP contribution in [0.2, 0.25) is 0 Å². The zero-order valence-electron chi connectivity index (χ0n) is 25.2. The number of hydrogen-bond acceptors (Lipinski definition) is 8. The summed E-state index contributed by atoms with van der Waals surface area (Å²) in [5.74, 6) is -4.19. The van der Waals surface area contributed by atoms with E-state index in [1.54, 1.807) is 10.9 Å². The number of amides is 2. The molecule has 4 N–H and O–H groups in total. The van der Waals surface area contributed by atoms with Crippen LogP contribution in [0, 0.1) is 5.82 Å². The number of aromatic nitrogens is 3. The molecule has 11 nitrogen and oxygen atoms in total. The van der Waals surface area contributed by atoms with E-state index in [1.807, 2.05) is 0 Å². The molecule has 2 aromatic heterocycles. The molecule has 0 saturated heterocycles. The highest BCUT2D eigenvalue weighted by Crippen LogP contribution is 2.48. The molecule has 2 amide bonds. The highest BCUT2D eigenvalue weighted by molar-refractivity contribution is 6.00. The Labute approximate surface area is 267 Å². The number of methoxy groups -OCH3 is 1. The van der Waals surface area contributed by atoms with Crippen LogP contribution in [0.15, 0.2) is 42.6 Å². The van der Waals surface area contributed by atoms with Crippen LogP contribution in [0.3, 0.4) is 0 Å². The monoisotopic (exact) mass is 679 g/mol. The van der Waals surface area contributed by atoms with Gasteiger partial charge in [-0.15, -0.1) is 0 Å². The third-order valence-electron chi connectivity index (χ3n) is 8.43. The van der Waals surface area contributed by atoms with Gasteiger partial charge >= 0.3 is 12.8 Å². The lowest BCUT2D eigenvalue weighted by Gasteiger charge is -2.31. The van der Waals surface area contributed by atoms with Crippen molar-refractivity contribution in [1.82, 2.24) is 20.1 Å². The van der Waals surface area contributed by atoms with Gasteiger partial charge in [0, 0.05) is 28.3 Å². The lowest BCUT2D eigenvalue weighted by atomic mass is 9.81. The van der Waals surface area contributed by atoms with E-state index < -0.39 is 71.7 Å². The predicted molar refractivity (Wildman–Crippen MR) is 155 cm³/mol. The van der Waals surface area contributed by atoms with Gasteiger partial charge in [-0.05, 0) is 56.2 Å². The topological polar surface area (TPSA) is 151 Å². The van der Waals surface area contributed by atoms with Crippen molar-refractivity contribution in [1.29, 1.82) is 0 Å². The normalized spacial score (nSPS) is 18.7.